The van der Waals surface area contributed by atoms with Crippen molar-refractivity contribution in [3.8, 4) is 0 Å². The molecule has 2 heteroatoms. The second-order valence-corrected chi connectivity index (χ2v) is 4.49. The highest BCUT2D eigenvalue weighted by Crippen LogP contribution is 2.05. The molecule has 0 fully saturated rings. The Morgan fingerprint density at radius 3 is 2.17 bits per heavy atom. The van der Waals surface area contributed by atoms with E-state index < -0.39 is 0 Å². The first-order valence-electron chi connectivity index (χ1n) is 7.00. The second-order valence-electron chi connectivity index (χ2n) is 4.49. The first-order valence-corrected chi connectivity index (χ1v) is 7.00. The molecule has 1 aromatic carbocycles. The van der Waals surface area contributed by atoms with E-state index in [1.807, 2.05) is 38.1 Å². The molecule has 0 aliphatic rings. The number of aryl methyl sites for hydroxylation is 1. The fourth-order valence-electron chi connectivity index (χ4n) is 1.47. The van der Waals surface area contributed by atoms with Gasteiger partial charge < -0.3 is 5.32 Å². The molecule has 0 heterocycles. The molecule has 0 radical (unpaired) electrons. The van der Waals surface area contributed by atoms with Gasteiger partial charge in [0.1, 0.15) is 0 Å². The van der Waals surface area contributed by atoms with Gasteiger partial charge in [-0.05, 0) is 36.5 Å². The molecule has 0 unspecified atom stereocenters. The SMILES string of the molecule is CC.CCc1ccc(C(=O)NCCC(C)C)cc1. The van der Waals surface area contributed by atoms with Crippen molar-refractivity contribution in [1.29, 1.82) is 0 Å². The summed E-state index contributed by atoms with van der Waals surface area (Å²) in [5, 5.41) is 2.93. The van der Waals surface area contributed by atoms with Crippen LogP contribution in [0.5, 0.6) is 0 Å². The Labute approximate surface area is 112 Å². The number of amides is 1. The Hall–Kier alpha value is -1.31. The molecule has 1 amide bonds. The Balaban J connectivity index is 0.00000137. The van der Waals surface area contributed by atoms with E-state index in [0.717, 1.165) is 24.9 Å². The first-order chi connectivity index (χ1) is 8.63. The molecule has 0 aromatic heterocycles. The predicted molar refractivity (Wildman–Crippen MR) is 79.0 cm³/mol. The highest BCUT2D eigenvalue weighted by atomic mass is 16.1. The molecule has 0 spiro atoms. The third-order valence-corrected chi connectivity index (χ3v) is 2.63. The van der Waals surface area contributed by atoms with Crippen LogP contribution in [0.1, 0.15) is 57.0 Å². The molecule has 1 rings (SSSR count). The molecule has 0 saturated heterocycles. The van der Waals surface area contributed by atoms with E-state index in [4.69, 9.17) is 0 Å². The van der Waals surface area contributed by atoms with E-state index in [2.05, 4.69) is 26.1 Å². The maximum atomic E-state index is 11.7. The lowest BCUT2D eigenvalue weighted by Crippen LogP contribution is -2.25. The number of benzene rings is 1. The van der Waals surface area contributed by atoms with Crippen LogP contribution in [-0.4, -0.2) is 12.5 Å². The van der Waals surface area contributed by atoms with Crippen LogP contribution < -0.4 is 5.32 Å². The molecule has 0 aliphatic heterocycles. The lowest BCUT2D eigenvalue weighted by molar-refractivity contribution is 0.0952. The normalized spacial score (nSPS) is 9.67. The third kappa shape index (κ3) is 6.43. The van der Waals surface area contributed by atoms with Gasteiger partial charge in [-0.3, -0.25) is 4.79 Å². The van der Waals surface area contributed by atoms with E-state index in [1.54, 1.807) is 0 Å². The van der Waals surface area contributed by atoms with Gasteiger partial charge in [0.05, 0.1) is 0 Å². The summed E-state index contributed by atoms with van der Waals surface area (Å²) in [4.78, 5) is 11.7. The van der Waals surface area contributed by atoms with Crippen LogP contribution in [0.15, 0.2) is 24.3 Å². The minimum absolute atomic E-state index is 0.0308. The van der Waals surface area contributed by atoms with Crippen LogP contribution in [0.2, 0.25) is 0 Å². The average molecular weight is 249 g/mol. The summed E-state index contributed by atoms with van der Waals surface area (Å²) in [5.41, 5.74) is 2.01. The van der Waals surface area contributed by atoms with Crippen LogP contribution in [0.3, 0.4) is 0 Å². The molecule has 0 bridgehead atoms. The van der Waals surface area contributed by atoms with Crippen molar-refractivity contribution >= 4 is 5.91 Å². The largest absolute Gasteiger partial charge is 0.352 e. The number of carbonyl (C=O) groups excluding carboxylic acids is 1. The van der Waals surface area contributed by atoms with Crippen molar-refractivity contribution in [2.75, 3.05) is 6.54 Å². The summed E-state index contributed by atoms with van der Waals surface area (Å²) in [6, 6.07) is 7.81. The monoisotopic (exact) mass is 249 g/mol. The van der Waals surface area contributed by atoms with Crippen molar-refractivity contribution in [2.45, 2.75) is 47.5 Å². The molecule has 2 nitrogen and oxygen atoms in total. The van der Waals surface area contributed by atoms with Gasteiger partial charge in [-0.1, -0.05) is 46.8 Å². The van der Waals surface area contributed by atoms with Crippen molar-refractivity contribution in [1.82, 2.24) is 5.32 Å². The van der Waals surface area contributed by atoms with Crippen LogP contribution in [0, 0.1) is 5.92 Å². The van der Waals surface area contributed by atoms with Crippen molar-refractivity contribution in [2.24, 2.45) is 5.92 Å². The quantitative estimate of drug-likeness (QED) is 0.838. The Kier molecular flexibility index (Phi) is 8.99. The van der Waals surface area contributed by atoms with Gasteiger partial charge >= 0.3 is 0 Å². The standard InChI is InChI=1S/C14H21NO.C2H6/c1-4-12-5-7-13(8-6-12)14(16)15-10-9-11(2)3;1-2/h5-8,11H,4,9-10H2,1-3H3,(H,15,16);1-2H3. The van der Waals surface area contributed by atoms with Crippen LogP contribution in [-0.2, 0) is 6.42 Å². The Morgan fingerprint density at radius 1 is 1.17 bits per heavy atom. The van der Waals surface area contributed by atoms with Gasteiger partial charge in [0, 0.05) is 12.1 Å². The maximum Gasteiger partial charge on any atom is 0.251 e. The van der Waals surface area contributed by atoms with Crippen molar-refractivity contribution in [3.05, 3.63) is 35.4 Å². The summed E-state index contributed by atoms with van der Waals surface area (Å²) in [6.07, 6.45) is 2.04. The zero-order valence-corrected chi connectivity index (χ0v) is 12.4. The Bertz CT molecular complexity index is 327. The van der Waals surface area contributed by atoms with Gasteiger partial charge in [-0.15, -0.1) is 0 Å². The number of hydrogen-bond acceptors (Lipinski definition) is 1. The summed E-state index contributed by atoms with van der Waals surface area (Å²) in [5.74, 6) is 0.658. The fraction of sp³-hybridized carbons (Fsp3) is 0.562. The Morgan fingerprint density at radius 2 is 1.72 bits per heavy atom. The van der Waals surface area contributed by atoms with E-state index in [0.29, 0.717) is 5.92 Å². The molecular formula is C16H27NO. The molecule has 1 aromatic rings. The summed E-state index contributed by atoms with van der Waals surface area (Å²) >= 11 is 0. The average Bonchev–Trinajstić information content (AvgIpc) is 2.40. The minimum Gasteiger partial charge on any atom is -0.352 e. The second kappa shape index (κ2) is 9.69. The smallest absolute Gasteiger partial charge is 0.251 e. The van der Waals surface area contributed by atoms with Gasteiger partial charge in [0.15, 0.2) is 0 Å². The van der Waals surface area contributed by atoms with Gasteiger partial charge in [0.25, 0.3) is 5.91 Å². The number of carbonyl (C=O) groups is 1. The van der Waals surface area contributed by atoms with Gasteiger partial charge in [0.2, 0.25) is 0 Å². The zero-order valence-electron chi connectivity index (χ0n) is 12.4. The number of rotatable bonds is 5. The van der Waals surface area contributed by atoms with Crippen LogP contribution >= 0.6 is 0 Å². The van der Waals surface area contributed by atoms with Crippen LogP contribution in [0.4, 0.5) is 0 Å². The minimum atomic E-state index is 0.0308. The molecular weight excluding hydrogens is 222 g/mol. The van der Waals surface area contributed by atoms with Gasteiger partial charge in [-0.2, -0.15) is 0 Å². The van der Waals surface area contributed by atoms with Crippen LogP contribution in [0.25, 0.3) is 0 Å². The number of nitrogens with one attached hydrogen (secondary N) is 1. The van der Waals surface area contributed by atoms with Crippen molar-refractivity contribution in [3.63, 3.8) is 0 Å². The highest BCUT2D eigenvalue weighted by molar-refractivity contribution is 5.94. The topological polar surface area (TPSA) is 29.1 Å². The van der Waals surface area contributed by atoms with E-state index >= 15 is 0 Å². The molecule has 0 atom stereocenters. The lowest BCUT2D eigenvalue weighted by atomic mass is 10.1. The molecule has 102 valence electrons. The maximum absolute atomic E-state index is 11.7. The van der Waals surface area contributed by atoms with E-state index in [9.17, 15) is 4.79 Å². The highest BCUT2D eigenvalue weighted by Gasteiger charge is 2.04. The molecule has 0 aliphatic carbocycles. The summed E-state index contributed by atoms with van der Waals surface area (Å²) in [7, 11) is 0. The molecule has 1 N–H and O–H groups in total. The fourth-order valence-corrected chi connectivity index (χ4v) is 1.47. The summed E-state index contributed by atoms with van der Waals surface area (Å²) in [6.45, 7) is 11.2. The lowest BCUT2D eigenvalue weighted by Gasteiger charge is -2.07. The van der Waals surface area contributed by atoms with E-state index in [-0.39, 0.29) is 5.91 Å². The zero-order chi connectivity index (χ0) is 14.0. The predicted octanol–water partition coefficient (Wildman–Crippen LogP) is 4.05. The van der Waals surface area contributed by atoms with Crippen molar-refractivity contribution < 1.29 is 4.79 Å². The third-order valence-electron chi connectivity index (χ3n) is 2.63. The molecule has 0 saturated carbocycles. The molecule has 18 heavy (non-hydrogen) atoms. The van der Waals surface area contributed by atoms with E-state index in [1.165, 1.54) is 5.56 Å². The summed E-state index contributed by atoms with van der Waals surface area (Å²) < 4.78 is 0. The van der Waals surface area contributed by atoms with Gasteiger partial charge in [-0.25, -0.2) is 0 Å². The first kappa shape index (κ1) is 16.7. The number of hydrogen-bond donors (Lipinski definition) is 1.